The molecule has 0 aromatic heterocycles. The average molecular weight is 304 g/mol. The lowest BCUT2D eigenvalue weighted by atomic mass is 10.0. The molecule has 1 aliphatic rings. The van der Waals surface area contributed by atoms with Gasteiger partial charge in [-0.15, -0.1) is 0 Å². The predicted molar refractivity (Wildman–Crippen MR) is 85.9 cm³/mol. The van der Waals surface area contributed by atoms with Gasteiger partial charge in [-0.3, -0.25) is 4.79 Å². The van der Waals surface area contributed by atoms with Crippen molar-refractivity contribution in [2.75, 3.05) is 31.6 Å². The summed E-state index contributed by atoms with van der Waals surface area (Å²) in [7, 11) is 0. The first-order chi connectivity index (χ1) is 10.6. The van der Waals surface area contributed by atoms with Crippen molar-refractivity contribution in [3.05, 3.63) is 29.8 Å². The molecule has 5 heteroatoms. The monoisotopic (exact) mass is 304 g/mol. The predicted octanol–water partition coefficient (Wildman–Crippen LogP) is 2.53. The fourth-order valence-electron chi connectivity index (χ4n) is 2.72. The Morgan fingerprint density at radius 1 is 1.36 bits per heavy atom. The van der Waals surface area contributed by atoms with Gasteiger partial charge in [0.25, 0.3) is 0 Å². The van der Waals surface area contributed by atoms with Gasteiger partial charge in [-0.2, -0.15) is 0 Å². The molecule has 1 aromatic rings. The van der Waals surface area contributed by atoms with E-state index in [9.17, 15) is 9.59 Å². The quantitative estimate of drug-likeness (QED) is 0.849. The molecule has 1 aliphatic heterocycles. The van der Waals surface area contributed by atoms with Gasteiger partial charge in [-0.05, 0) is 37.8 Å². The van der Waals surface area contributed by atoms with Crippen molar-refractivity contribution in [1.82, 2.24) is 4.90 Å². The highest BCUT2D eigenvalue weighted by Gasteiger charge is 2.21. The summed E-state index contributed by atoms with van der Waals surface area (Å²) in [4.78, 5) is 26.1. The number of carbonyl (C=O) groups excluding carboxylic acids is 2. The van der Waals surface area contributed by atoms with E-state index in [4.69, 9.17) is 4.74 Å². The maximum atomic E-state index is 12.3. The van der Waals surface area contributed by atoms with Crippen molar-refractivity contribution in [2.24, 2.45) is 5.92 Å². The zero-order valence-electron chi connectivity index (χ0n) is 13.3. The van der Waals surface area contributed by atoms with Gasteiger partial charge in [0.2, 0.25) is 5.91 Å². The molecule has 0 aliphatic carbocycles. The second-order valence-corrected chi connectivity index (χ2v) is 5.71. The van der Waals surface area contributed by atoms with Gasteiger partial charge in [-0.1, -0.05) is 19.1 Å². The molecule has 1 unspecified atom stereocenters. The van der Waals surface area contributed by atoms with Crippen LogP contribution in [0.4, 0.5) is 5.69 Å². The highest BCUT2D eigenvalue weighted by atomic mass is 16.5. The number of carbonyl (C=O) groups is 2. The first-order valence-electron chi connectivity index (χ1n) is 7.89. The van der Waals surface area contributed by atoms with Gasteiger partial charge in [0, 0.05) is 18.8 Å². The maximum absolute atomic E-state index is 12.3. The summed E-state index contributed by atoms with van der Waals surface area (Å²) in [5, 5.41) is 3.07. The van der Waals surface area contributed by atoms with Crippen LogP contribution in [0, 0.1) is 5.92 Å². The molecule has 1 N–H and O–H groups in total. The van der Waals surface area contributed by atoms with Crippen LogP contribution in [-0.2, 0) is 9.53 Å². The number of rotatable bonds is 5. The molecular formula is C17H24N2O3. The van der Waals surface area contributed by atoms with Crippen LogP contribution in [0.1, 0.15) is 37.0 Å². The van der Waals surface area contributed by atoms with Crippen molar-refractivity contribution < 1.29 is 14.3 Å². The molecule has 22 heavy (non-hydrogen) atoms. The number of likely N-dealkylation sites (tertiary alicyclic amines) is 1. The molecule has 1 aromatic carbocycles. The normalized spacial score (nSPS) is 17.9. The van der Waals surface area contributed by atoms with E-state index in [0.717, 1.165) is 19.5 Å². The molecule has 2 rings (SSSR count). The van der Waals surface area contributed by atoms with Crippen LogP contribution in [-0.4, -0.2) is 43.0 Å². The molecule has 1 saturated heterocycles. The number of ether oxygens (including phenoxy) is 1. The fraction of sp³-hybridized carbons (Fsp3) is 0.529. The number of hydrogen-bond acceptors (Lipinski definition) is 4. The number of hydrogen-bond donors (Lipinski definition) is 1. The number of amides is 1. The van der Waals surface area contributed by atoms with E-state index in [1.165, 1.54) is 6.42 Å². The van der Waals surface area contributed by atoms with Crippen LogP contribution in [0.5, 0.6) is 0 Å². The van der Waals surface area contributed by atoms with Crippen LogP contribution in [0.3, 0.4) is 0 Å². The minimum absolute atomic E-state index is 0.0743. The van der Waals surface area contributed by atoms with E-state index in [1.54, 1.807) is 25.1 Å². The summed E-state index contributed by atoms with van der Waals surface area (Å²) in [5.74, 6) is 0.263. The molecule has 1 heterocycles. The minimum atomic E-state index is -0.371. The van der Waals surface area contributed by atoms with E-state index in [2.05, 4.69) is 12.2 Å². The SMILES string of the molecule is CCOC(=O)c1ccccc1NCC(=O)N1CCCC(C)C1. The molecule has 1 atom stereocenters. The molecule has 0 radical (unpaired) electrons. The Kier molecular flexibility index (Phi) is 5.81. The lowest BCUT2D eigenvalue weighted by Crippen LogP contribution is -2.42. The summed E-state index contributed by atoms with van der Waals surface area (Å²) >= 11 is 0. The number of esters is 1. The topological polar surface area (TPSA) is 58.6 Å². The molecule has 0 saturated carbocycles. The lowest BCUT2D eigenvalue weighted by Gasteiger charge is -2.31. The number of nitrogens with one attached hydrogen (secondary N) is 1. The second-order valence-electron chi connectivity index (χ2n) is 5.71. The third-order valence-corrected chi connectivity index (χ3v) is 3.86. The van der Waals surface area contributed by atoms with Crippen LogP contribution in [0.15, 0.2) is 24.3 Å². The Morgan fingerprint density at radius 2 is 2.14 bits per heavy atom. The van der Waals surface area contributed by atoms with Gasteiger partial charge in [0.1, 0.15) is 0 Å². The van der Waals surface area contributed by atoms with Gasteiger partial charge in [0.15, 0.2) is 0 Å². The number of para-hydroxylation sites is 1. The number of anilines is 1. The summed E-state index contributed by atoms with van der Waals surface area (Å²) in [6.45, 7) is 6.11. The smallest absolute Gasteiger partial charge is 0.340 e. The Labute approximate surface area is 131 Å². The van der Waals surface area contributed by atoms with E-state index in [-0.39, 0.29) is 18.4 Å². The van der Waals surface area contributed by atoms with Crippen LogP contribution < -0.4 is 5.32 Å². The average Bonchev–Trinajstić information content (AvgIpc) is 2.53. The van der Waals surface area contributed by atoms with Crippen molar-refractivity contribution in [2.45, 2.75) is 26.7 Å². The van der Waals surface area contributed by atoms with E-state index >= 15 is 0 Å². The van der Waals surface area contributed by atoms with Crippen LogP contribution >= 0.6 is 0 Å². The lowest BCUT2D eigenvalue weighted by molar-refractivity contribution is -0.130. The molecule has 0 spiro atoms. The zero-order valence-corrected chi connectivity index (χ0v) is 13.3. The van der Waals surface area contributed by atoms with E-state index < -0.39 is 0 Å². The fourth-order valence-corrected chi connectivity index (χ4v) is 2.72. The summed E-state index contributed by atoms with van der Waals surface area (Å²) in [5.41, 5.74) is 1.10. The zero-order chi connectivity index (χ0) is 15.9. The first kappa shape index (κ1) is 16.3. The molecule has 1 amide bonds. The van der Waals surface area contributed by atoms with Crippen molar-refractivity contribution in [3.8, 4) is 0 Å². The Morgan fingerprint density at radius 3 is 2.86 bits per heavy atom. The van der Waals surface area contributed by atoms with Crippen molar-refractivity contribution in [3.63, 3.8) is 0 Å². The molecule has 0 bridgehead atoms. The highest BCUT2D eigenvalue weighted by molar-refractivity contribution is 5.96. The first-order valence-corrected chi connectivity index (χ1v) is 7.89. The van der Waals surface area contributed by atoms with Gasteiger partial charge in [0.05, 0.1) is 18.7 Å². The number of piperidine rings is 1. The second kappa shape index (κ2) is 7.82. The van der Waals surface area contributed by atoms with E-state index in [1.807, 2.05) is 11.0 Å². The molecule has 1 fully saturated rings. The Balaban J connectivity index is 1.96. The minimum Gasteiger partial charge on any atom is -0.462 e. The molecular weight excluding hydrogens is 280 g/mol. The molecule has 5 nitrogen and oxygen atoms in total. The van der Waals surface area contributed by atoms with Gasteiger partial charge in [-0.25, -0.2) is 4.79 Å². The van der Waals surface area contributed by atoms with Gasteiger partial charge < -0.3 is 15.0 Å². The standard InChI is InChI=1S/C17H24N2O3/c1-3-22-17(21)14-8-4-5-9-15(14)18-11-16(20)19-10-6-7-13(2)12-19/h4-5,8-9,13,18H,3,6-7,10-12H2,1-2H3. The number of nitrogens with zero attached hydrogens (tertiary/aromatic N) is 1. The van der Waals surface area contributed by atoms with Crippen molar-refractivity contribution in [1.29, 1.82) is 0 Å². The summed E-state index contributed by atoms with van der Waals surface area (Å²) < 4.78 is 5.03. The van der Waals surface area contributed by atoms with Crippen LogP contribution in [0.25, 0.3) is 0 Å². The van der Waals surface area contributed by atoms with Crippen LogP contribution in [0.2, 0.25) is 0 Å². The Bertz CT molecular complexity index is 530. The van der Waals surface area contributed by atoms with Crippen molar-refractivity contribution >= 4 is 17.6 Å². The highest BCUT2D eigenvalue weighted by Crippen LogP contribution is 2.18. The van der Waals surface area contributed by atoms with E-state index in [0.29, 0.717) is 23.8 Å². The third kappa shape index (κ3) is 4.23. The third-order valence-electron chi connectivity index (χ3n) is 3.86. The summed E-state index contributed by atoms with van der Waals surface area (Å²) in [6, 6.07) is 7.11. The largest absolute Gasteiger partial charge is 0.462 e. The molecule has 120 valence electrons. The summed E-state index contributed by atoms with van der Waals surface area (Å²) in [6.07, 6.45) is 2.25. The Hall–Kier alpha value is -2.04. The van der Waals surface area contributed by atoms with Gasteiger partial charge >= 0.3 is 5.97 Å². The number of benzene rings is 1. The maximum Gasteiger partial charge on any atom is 0.340 e.